The van der Waals surface area contributed by atoms with Crippen molar-refractivity contribution in [3.8, 4) is 11.1 Å². The first-order valence-corrected chi connectivity index (χ1v) is 9.37. The molecular formula is C19H16BrClS. The topological polar surface area (TPSA) is 0 Å². The van der Waals surface area contributed by atoms with Gasteiger partial charge in [-0.3, -0.25) is 0 Å². The van der Waals surface area contributed by atoms with Crippen molar-refractivity contribution in [2.45, 2.75) is 18.7 Å². The third-order valence-corrected chi connectivity index (χ3v) is 5.88. The van der Waals surface area contributed by atoms with Crippen LogP contribution in [-0.4, -0.2) is 5.75 Å². The largest absolute Gasteiger partial charge is 0.125 e. The number of rotatable bonds is 3. The molecule has 0 aliphatic rings. The van der Waals surface area contributed by atoms with E-state index in [0.717, 1.165) is 20.8 Å². The molecule has 3 aromatic carbocycles. The highest BCUT2D eigenvalue weighted by Gasteiger charge is 2.12. The van der Waals surface area contributed by atoms with E-state index in [1.165, 1.54) is 26.8 Å². The molecule has 0 aromatic heterocycles. The fraction of sp³-hybridized carbons (Fsp3) is 0.158. The number of hydrogen-bond acceptors (Lipinski definition) is 1. The number of benzene rings is 3. The monoisotopic (exact) mass is 390 g/mol. The normalized spacial score (nSPS) is 11.1. The second-order valence-electron chi connectivity index (χ2n) is 5.23. The van der Waals surface area contributed by atoms with Crippen LogP contribution in [0.1, 0.15) is 12.5 Å². The van der Waals surface area contributed by atoms with Crippen molar-refractivity contribution in [1.29, 1.82) is 0 Å². The van der Waals surface area contributed by atoms with Gasteiger partial charge in [0.15, 0.2) is 0 Å². The van der Waals surface area contributed by atoms with Crippen LogP contribution in [0.5, 0.6) is 0 Å². The molecule has 0 bridgehead atoms. The summed E-state index contributed by atoms with van der Waals surface area (Å²) in [6, 6.07) is 17.0. The first kappa shape index (κ1) is 15.9. The van der Waals surface area contributed by atoms with Crippen molar-refractivity contribution in [1.82, 2.24) is 0 Å². The molecule has 0 aliphatic carbocycles. The highest BCUT2D eigenvalue weighted by atomic mass is 79.9. The zero-order valence-electron chi connectivity index (χ0n) is 12.5. The predicted molar refractivity (Wildman–Crippen MR) is 103 cm³/mol. The summed E-state index contributed by atoms with van der Waals surface area (Å²) >= 11 is 12.1. The first-order chi connectivity index (χ1) is 10.6. The number of aryl methyl sites for hydroxylation is 1. The minimum absolute atomic E-state index is 0.800. The lowest BCUT2D eigenvalue weighted by Crippen LogP contribution is -1.87. The van der Waals surface area contributed by atoms with Crippen molar-refractivity contribution in [2.75, 3.05) is 5.75 Å². The molecular weight excluding hydrogens is 376 g/mol. The molecule has 3 aromatic rings. The van der Waals surface area contributed by atoms with E-state index < -0.39 is 0 Å². The van der Waals surface area contributed by atoms with E-state index in [9.17, 15) is 0 Å². The Balaban J connectivity index is 2.24. The Morgan fingerprint density at radius 2 is 1.82 bits per heavy atom. The minimum atomic E-state index is 0.800. The summed E-state index contributed by atoms with van der Waals surface area (Å²) in [6.45, 7) is 4.27. The average Bonchev–Trinajstić information content (AvgIpc) is 2.49. The number of halogens is 2. The lowest BCUT2D eigenvalue weighted by molar-refractivity contribution is 1.38. The summed E-state index contributed by atoms with van der Waals surface area (Å²) in [5.74, 6) is 1.03. The van der Waals surface area contributed by atoms with Crippen molar-refractivity contribution >= 4 is 50.1 Å². The molecule has 3 rings (SSSR count). The molecule has 112 valence electrons. The van der Waals surface area contributed by atoms with Gasteiger partial charge in [0, 0.05) is 20.0 Å². The fourth-order valence-electron chi connectivity index (χ4n) is 2.61. The molecule has 0 unspecified atom stereocenters. The van der Waals surface area contributed by atoms with Gasteiger partial charge in [0.1, 0.15) is 0 Å². The summed E-state index contributed by atoms with van der Waals surface area (Å²) < 4.78 is 1.12. The maximum atomic E-state index is 6.59. The van der Waals surface area contributed by atoms with Crippen LogP contribution in [0.4, 0.5) is 0 Å². The predicted octanol–water partition coefficient (Wildman–Crippen LogP) is 7.34. The Kier molecular flexibility index (Phi) is 4.82. The quantitative estimate of drug-likeness (QED) is 0.421. The maximum absolute atomic E-state index is 6.59. The molecule has 3 heteroatoms. The number of hydrogen-bond donors (Lipinski definition) is 0. The lowest BCUT2D eigenvalue weighted by atomic mass is 10.00. The Hall–Kier alpha value is -0.960. The van der Waals surface area contributed by atoms with Crippen LogP contribution >= 0.6 is 39.3 Å². The second kappa shape index (κ2) is 6.66. The van der Waals surface area contributed by atoms with E-state index in [2.05, 4.69) is 78.3 Å². The van der Waals surface area contributed by atoms with Crippen LogP contribution in [0, 0.1) is 6.92 Å². The molecule has 0 N–H and O–H groups in total. The van der Waals surface area contributed by atoms with Gasteiger partial charge in [0.05, 0.1) is 0 Å². The lowest BCUT2D eigenvalue weighted by Gasteiger charge is -2.13. The minimum Gasteiger partial charge on any atom is -0.125 e. The van der Waals surface area contributed by atoms with Crippen LogP contribution in [-0.2, 0) is 0 Å². The molecule has 0 spiro atoms. The molecule has 0 heterocycles. The summed E-state index contributed by atoms with van der Waals surface area (Å²) in [5.41, 5.74) is 3.53. The van der Waals surface area contributed by atoms with Crippen LogP contribution in [0.2, 0.25) is 5.02 Å². The summed E-state index contributed by atoms with van der Waals surface area (Å²) in [7, 11) is 0. The van der Waals surface area contributed by atoms with E-state index in [1.807, 2.05) is 11.8 Å². The van der Waals surface area contributed by atoms with Gasteiger partial charge in [-0.2, -0.15) is 0 Å². The Labute approximate surface area is 149 Å². The van der Waals surface area contributed by atoms with Gasteiger partial charge in [-0.05, 0) is 63.1 Å². The Morgan fingerprint density at radius 1 is 1.00 bits per heavy atom. The van der Waals surface area contributed by atoms with E-state index in [1.54, 1.807) is 0 Å². The van der Waals surface area contributed by atoms with E-state index in [4.69, 9.17) is 11.6 Å². The maximum Gasteiger partial charge on any atom is 0.0491 e. The Bertz CT molecular complexity index is 842. The van der Waals surface area contributed by atoms with Crippen LogP contribution < -0.4 is 0 Å². The van der Waals surface area contributed by atoms with E-state index in [0.29, 0.717) is 0 Å². The summed E-state index contributed by atoms with van der Waals surface area (Å²) in [5, 5.41) is 3.21. The standard InChI is InChI=1S/C19H16BrClS/c1-3-22-19-15(5-4-6-17(19)20)16-10-13-8-7-12(2)9-14(13)11-18(16)21/h4-11H,3H2,1-2H3. The molecule has 0 saturated heterocycles. The first-order valence-electron chi connectivity index (χ1n) is 7.21. The summed E-state index contributed by atoms with van der Waals surface area (Å²) in [6.07, 6.45) is 0. The van der Waals surface area contributed by atoms with Gasteiger partial charge >= 0.3 is 0 Å². The molecule has 0 atom stereocenters. The van der Waals surface area contributed by atoms with Gasteiger partial charge in [-0.15, -0.1) is 11.8 Å². The Morgan fingerprint density at radius 3 is 2.59 bits per heavy atom. The van der Waals surface area contributed by atoms with E-state index >= 15 is 0 Å². The van der Waals surface area contributed by atoms with Crippen LogP contribution in [0.15, 0.2) is 57.9 Å². The van der Waals surface area contributed by atoms with Gasteiger partial charge in [0.2, 0.25) is 0 Å². The van der Waals surface area contributed by atoms with Crippen molar-refractivity contribution < 1.29 is 0 Å². The van der Waals surface area contributed by atoms with Crippen LogP contribution in [0.3, 0.4) is 0 Å². The van der Waals surface area contributed by atoms with Gasteiger partial charge in [-0.1, -0.05) is 54.4 Å². The van der Waals surface area contributed by atoms with Gasteiger partial charge in [-0.25, -0.2) is 0 Å². The molecule has 0 aliphatic heterocycles. The molecule has 0 saturated carbocycles. The van der Waals surface area contributed by atoms with Gasteiger partial charge < -0.3 is 0 Å². The summed E-state index contributed by atoms with van der Waals surface area (Å²) in [4.78, 5) is 1.25. The highest BCUT2D eigenvalue weighted by molar-refractivity contribution is 9.10. The smallest absolute Gasteiger partial charge is 0.0491 e. The van der Waals surface area contributed by atoms with Crippen LogP contribution in [0.25, 0.3) is 21.9 Å². The third kappa shape index (κ3) is 3.05. The van der Waals surface area contributed by atoms with E-state index in [-0.39, 0.29) is 0 Å². The van der Waals surface area contributed by atoms with Crippen molar-refractivity contribution in [3.63, 3.8) is 0 Å². The molecule has 0 nitrogen and oxygen atoms in total. The zero-order valence-corrected chi connectivity index (χ0v) is 15.6. The molecule has 0 fully saturated rings. The van der Waals surface area contributed by atoms with Crippen molar-refractivity contribution in [2.24, 2.45) is 0 Å². The number of thioether (sulfide) groups is 1. The van der Waals surface area contributed by atoms with Gasteiger partial charge in [0.25, 0.3) is 0 Å². The molecule has 0 radical (unpaired) electrons. The SMILES string of the molecule is CCSc1c(Br)cccc1-c1cc2ccc(C)cc2cc1Cl. The molecule has 0 amide bonds. The number of fused-ring (bicyclic) bond motifs is 1. The average molecular weight is 392 g/mol. The second-order valence-corrected chi connectivity index (χ2v) is 7.77. The zero-order chi connectivity index (χ0) is 15.7. The molecule has 22 heavy (non-hydrogen) atoms. The van der Waals surface area contributed by atoms with Crippen molar-refractivity contribution in [3.05, 3.63) is 63.6 Å². The fourth-order valence-corrected chi connectivity index (χ4v) is 4.42. The third-order valence-electron chi connectivity index (χ3n) is 3.63. The highest BCUT2D eigenvalue weighted by Crippen LogP contribution is 2.41.